The summed E-state index contributed by atoms with van der Waals surface area (Å²) in [7, 11) is 0. The Morgan fingerprint density at radius 2 is 1.90 bits per heavy atom. The number of aliphatic hydroxyl groups excluding tert-OH is 1. The van der Waals surface area contributed by atoms with Crippen LogP contribution in [0.2, 0.25) is 0 Å². The van der Waals surface area contributed by atoms with Gasteiger partial charge in [0.25, 0.3) is 0 Å². The smallest absolute Gasteiger partial charge is 0.101 e. The summed E-state index contributed by atoms with van der Waals surface area (Å²) in [6.45, 7) is 7.10. The maximum atomic E-state index is 10.5. The molecule has 1 N–H and O–H groups in total. The Morgan fingerprint density at radius 1 is 1.25 bits per heavy atom. The van der Waals surface area contributed by atoms with E-state index in [1.54, 1.807) is 6.20 Å². The van der Waals surface area contributed by atoms with Crippen molar-refractivity contribution in [2.75, 3.05) is 0 Å². The molecule has 1 aromatic carbocycles. The Hall–Kier alpha value is -1.13. The Labute approximate surface area is 128 Å². The molecule has 2 rings (SSSR count). The van der Waals surface area contributed by atoms with Crippen LogP contribution < -0.4 is 0 Å². The predicted octanol–water partition coefficient (Wildman–Crippen LogP) is 3.95. The third kappa shape index (κ3) is 3.49. The molecular formula is C16H21BrN2O. The van der Waals surface area contributed by atoms with Crippen molar-refractivity contribution in [2.45, 2.75) is 46.3 Å². The number of hydrogen-bond donors (Lipinski definition) is 1. The molecule has 0 aliphatic carbocycles. The lowest BCUT2D eigenvalue weighted by Crippen LogP contribution is -2.11. The standard InChI is InChI=1S/C16H21BrN2O/c1-4-5-19-16(14(17)10-18-19)15(20)9-13-7-11(2)6-12(3)8-13/h6-8,10,15,20H,4-5,9H2,1-3H3. The van der Waals surface area contributed by atoms with Crippen LogP contribution in [-0.4, -0.2) is 14.9 Å². The van der Waals surface area contributed by atoms with Gasteiger partial charge >= 0.3 is 0 Å². The van der Waals surface area contributed by atoms with Gasteiger partial charge < -0.3 is 5.11 Å². The van der Waals surface area contributed by atoms with E-state index < -0.39 is 6.10 Å². The van der Waals surface area contributed by atoms with Gasteiger partial charge in [-0.2, -0.15) is 5.10 Å². The van der Waals surface area contributed by atoms with Gasteiger partial charge in [-0.3, -0.25) is 4.68 Å². The van der Waals surface area contributed by atoms with Crippen molar-refractivity contribution in [3.63, 3.8) is 0 Å². The van der Waals surface area contributed by atoms with E-state index in [-0.39, 0.29) is 0 Å². The lowest BCUT2D eigenvalue weighted by molar-refractivity contribution is 0.166. The molecule has 1 unspecified atom stereocenters. The van der Waals surface area contributed by atoms with Crippen molar-refractivity contribution < 1.29 is 5.11 Å². The van der Waals surface area contributed by atoms with E-state index in [0.717, 1.165) is 28.7 Å². The fourth-order valence-electron chi connectivity index (χ4n) is 2.60. The first-order valence-corrected chi connectivity index (χ1v) is 7.77. The van der Waals surface area contributed by atoms with E-state index in [1.165, 1.54) is 11.1 Å². The zero-order chi connectivity index (χ0) is 14.7. The van der Waals surface area contributed by atoms with E-state index in [0.29, 0.717) is 6.42 Å². The van der Waals surface area contributed by atoms with Crippen LogP contribution >= 0.6 is 15.9 Å². The second-order valence-corrected chi connectivity index (χ2v) is 6.17. The number of aryl methyl sites for hydroxylation is 3. The molecule has 0 amide bonds. The second kappa shape index (κ2) is 6.55. The van der Waals surface area contributed by atoms with E-state index in [9.17, 15) is 5.11 Å². The van der Waals surface area contributed by atoms with Crippen LogP contribution in [0, 0.1) is 13.8 Å². The van der Waals surface area contributed by atoms with Crippen molar-refractivity contribution in [3.8, 4) is 0 Å². The number of halogens is 1. The summed E-state index contributed by atoms with van der Waals surface area (Å²) in [6, 6.07) is 6.41. The molecule has 0 aliphatic rings. The van der Waals surface area contributed by atoms with Crippen LogP contribution in [-0.2, 0) is 13.0 Å². The molecule has 0 saturated carbocycles. The van der Waals surface area contributed by atoms with Crippen LogP contribution in [0.15, 0.2) is 28.9 Å². The molecule has 0 spiro atoms. The van der Waals surface area contributed by atoms with E-state index in [2.05, 4.69) is 60.0 Å². The van der Waals surface area contributed by atoms with Gasteiger partial charge in [0.15, 0.2) is 0 Å². The van der Waals surface area contributed by atoms with Crippen LogP contribution in [0.25, 0.3) is 0 Å². The largest absolute Gasteiger partial charge is 0.386 e. The highest BCUT2D eigenvalue weighted by atomic mass is 79.9. The SMILES string of the molecule is CCCn1ncc(Br)c1C(O)Cc1cc(C)cc(C)c1. The molecule has 1 atom stereocenters. The first-order valence-electron chi connectivity index (χ1n) is 6.97. The Morgan fingerprint density at radius 3 is 2.50 bits per heavy atom. The summed E-state index contributed by atoms with van der Waals surface area (Å²) in [6.07, 6.45) is 2.82. The highest BCUT2D eigenvalue weighted by molar-refractivity contribution is 9.10. The molecule has 0 aliphatic heterocycles. The number of rotatable bonds is 5. The Kier molecular flexibility index (Phi) is 5.00. The van der Waals surface area contributed by atoms with E-state index >= 15 is 0 Å². The zero-order valence-corrected chi connectivity index (χ0v) is 13.8. The highest BCUT2D eigenvalue weighted by Crippen LogP contribution is 2.26. The molecule has 1 heterocycles. The first-order chi connectivity index (χ1) is 9.51. The molecule has 4 heteroatoms. The number of aromatic nitrogens is 2. The minimum atomic E-state index is -0.542. The lowest BCUT2D eigenvalue weighted by atomic mass is 10.0. The third-order valence-electron chi connectivity index (χ3n) is 3.29. The van der Waals surface area contributed by atoms with Gasteiger partial charge in [0.05, 0.1) is 16.4 Å². The van der Waals surface area contributed by atoms with Crippen LogP contribution in [0.4, 0.5) is 0 Å². The van der Waals surface area contributed by atoms with Crippen LogP contribution in [0.3, 0.4) is 0 Å². The van der Waals surface area contributed by atoms with Gasteiger partial charge in [-0.05, 0) is 41.8 Å². The average Bonchev–Trinajstić information content (AvgIpc) is 2.69. The lowest BCUT2D eigenvalue weighted by Gasteiger charge is -2.15. The van der Waals surface area contributed by atoms with Crippen LogP contribution in [0.1, 0.15) is 41.8 Å². The van der Waals surface area contributed by atoms with Crippen molar-refractivity contribution in [3.05, 3.63) is 51.3 Å². The highest BCUT2D eigenvalue weighted by Gasteiger charge is 2.18. The molecule has 0 bridgehead atoms. The summed E-state index contributed by atoms with van der Waals surface area (Å²) in [4.78, 5) is 0. The molecule has 3 nitrogen and oxygen atoms in total. The maximum absolute atomic E-state index is 10.5. The first kappa shape index (κ1) is 15.3. The van der Waals surface area contributed by atoms with E-state index in [4.69, 9.17) is 0 Å². The van der Waals surface area contributed by atoms with Gasteiger partial charge in [-0.15, -0.1) is 0 Å². The monoisotopic (exact) mass is 336 g/mol. The summed E-state index contributed by atoms with van der Waals surface area (Å²) in [5.74, 6) is 0. The molecule has 0 radical (unpaired) electrons. The molecule has 108 valence electrons. The minimum Gasteiger partial charge on any atom is -0.386 e. The van der Waals surface area contributed by atoms with Gasteiger partial charge in [-0.1, -0.05) is 36.2 Å². The summed E-state index contributed by atoms with van der Waals surface area (Å²) in [5.41, 5.74) is 4.49. The molecule has 1 aromatic heterocycles. The number of hydrogen-bond acceptors (Lipinski definition) is 2. The Bertz CT molecular complexity index is 572. The average molecular weight is 337 g/mol. The molecule has 0 fully saturated rings. The van der Waals surface area contributed by atoms with Crippen molar-refractivity contribution in [1.29, 1.82) is 0 Å². The van der Waals surface area contributed by atoms with Gasteiger partial charge in [0.1, 0.15) is 6.10 Å². The fourth-order valence-corrected chi connectivity index (χ4v) is 3.16. The maximum Gasteiger partial charge on any atom is 0.101 e. The quantitative estimate of drug-likeness (QED) is 0.897. The normalized spacial score (nSPS) is 12.7. The summed E-state index contributed by atoms with van der Waals surface area (Å²) >= 11 is 3.49. The fraction of sp³-hybridized carbons (Fsp3) is 0.438. The molecule has 2 aromatic rings. The minimum absolute atomic E-state index is 0.542. The third-order valence-corrected chi connectivity index (χ3v) is 3.91. The summed E-state index contributed by atoms with van der Waals surface area (Å²) in [5, 5.41) is 14.9. The molecule has 20 heavy (non-hydrogen) atoms. The van der Waals surface area contributed by atoms with Crippen molar-refractivity contribution in [2.24, 2.45) is 0 Å². The van der Waals surface area contributed by atoms with Gasteiger partial charge in [-0.25, -0.2) is 0 Å². The summed E-state index contributed by atoms with van der Waals surface area (Å²) < 4.78 is 2.76. The number of benzene rings is 1. The van der Waals surface area contributed by atoms with Gasteiger partial charge in [0, 0.05) is 13.0 Å². The number of nitrogens with zero attached hydrogens (tertiary/aromatic N) is 2. The zero-order valence-electron chi connectivity index (χ0n) is 12.2. The van der Waals surface area contributed by atoms with Gasteiger partial charge in [0.2, 0.25) is 0 Å². The Balaban J connectivity index is 2.23. The second-order valence-electron chi connectivity index (χ2n) is 5.32. The van der Waals surface area contributed by atoms with Crippen molar-refractivity contribution in [1.82, 2.24) is 9.78 Å². The number of aliphatic hydroxyl groups is 1. The van der Waals surface area contributed by atoms with Crippen LogP contribution in [0.5, 0.6) is 0 Å². The van der Waals surface area contributed by atoms with Crippen molar-refractivity contribution >= 4 is 15.9 Å². The predicted molar refractivity (Wildman–Crippen MR) is 84.8 cm³/mol. The molecule has 0 saturated heterocycles. The topological polar surface area (TPSA) is 38.0 Å². The molecular weight excluding hydrogens is 316 g/mol. The van der Waals surface area contributed by atoms with E-state index in [1.807, 2.05) is 4.68 Å².